The molecule has 0 spiro atoms. The van der Waals surface area contributed by atoms with E-state index < -0.39 is 0 Å². The van der Waals surface area contributed by atoms with Crippen LogP contribution in [0.5, 0.6) is 0 Å². The van der Waals surface area contributed by atoms with E-state index in [0.29, 0.717) is 12.6 Å². The van der Waals surface area contributed by atoms with E-state index in [1.807, 2.05) is 12.3 Å². The number of rotatable bonds is 5. The predicted octanol–water partition coefficient (Wildman–Crippen LogP) is 0.917. The van der Waals surface area contributed by atoms with Crippen molar-refractivity contribution in [3.8, 4) is 0 Å². The summed E-state index contributed by atoms with van der Waals surface area (Å²) < 4.78 is 5.42. The average Bonchev–Trinajstić information content (AvgIpc) is 3.33. The Hall–Kier alpha value is -1.66. The van der Waals surface area contributed by atoms with Gasteiger partial charge in [0.1, 0.15) is 0 Å². The molecule has 1 saturated heterocycles. The van der Waals surface area contributed by atoms with Gasteiger partial charge in [-0.15, -0.1) is 0 Å². The number of nitrogens with zero attached hydrogens (tertiary/aromatic N) is 2. The van der Waals surface area contributed by atoms with Crippen molar-refractivity contribution < 1.29 is 9.53 Å². The SMILES string of the molecule is O=C(NCC(c1cccnc1)N1CCOCC1)NC1CC1. The van der Waals surface area contributed by atoms with Gasteiger partial charge in [-0.2, -0.15) is 0 Å². The fourth-order valence-corrected chi connectivity index (χ4v) is 2.57. The van der Waals surface area contributed by atoms with Crippen LogP contribution in [0.1, 0.15) is 24.4 Å². The van der Waals surface area contributed by atoms with Crippen LogP contribution in [0.4, 0.5) is 4.79 Å². The number of aromatic nitrogens is 1. The molecule has 1 saturated carbocycles. The molecule has 6 heteroatoms. The van der Waals surface area contributed by atoms with Gasteiger partial charge in [0.2, 0.25) is 0 Å². The van der Waals surface area contributed by atoms with E-state index in [1.54, 1.807) is 6.20 Å². The summed E-state index contributed by atoms with van der Waals surface area (Å²) in [4.78, 5) is 18.4. The molecular weight excluding hydrogens is 268 g/mol. The van der Waals surface area contributed by atoms with E-state index >= 15 is 0 Å². The number of hydrogen-bond acceptors (Lipinski definition) is 4. The fraction of sp³-hybridized carbons (Fsp3) is 0.600. The molecule has 1 aliphatic heterocycles. The third-order valence-electron chi connectivity index (χ3n) is 3.92. The first-order valence-corrected chi connectivity index (χ1v) is 7.59. The van der Waals surface area contributed by atoms with Crippen molar-refractivity contribution in [3.63, 3.8) is 0 Å². The predicted molar refractivity (Wildman–Crippen MR) is 78.9 cm³/mol. The summed E-state index contributed by atoms with van der Waals surface area (Å²) in [6.07, 6.45) is 5.85. The zero-order chi connectivity index (χ0) is 14.5. The van der Waals surface area contributed by atoms with Crippen LogP contribution in [0, 0.1) is 0 Å². The molecule has 1 aromatic rings. The van der Waals surface area contributed by atoms with Crippen LogP contribution in [0.3, 0.4) is 0 Å². The van der Waals surface area contributed by atoms with Crippen molar-refractivity contribution >= 4 is 6.03 Å². The normalized spacial score (nSPS) is 20.8. The molecule has 0 radical (unpaired) electrons. The number of amides is 2. The zero-order valence-corrected chi connectivity index (χ0v) is 12.1. The molecule has 1 unspecified atom stereocenters. The first-order valence-electron chi connectivity index (χ1n) is 7.59. The maximum absolute atomic E-state index is 11.8. The average molecular weight is 290 g/mol. The number of hydrogen-bond donors (Lipinski definition) is 2. The lowest BCUT2D eigenvalue weighted by Gasteiger charge is -2.34. The number of morpholine rings is 1. The van der Waals surface area contributed by atoms with Gasteiger partial charge in [0, 0.05) is 38.1 Å². The van der Waals surface area contributed by atoms with Crippen LogP contribution in [0.2, 0.25) is 0 Å². The molecule has 1 aromatic heterocycles. The van der Waals surface area contributed by atoms with Crippen LogP contribution in [-0.2, 0) is 4.74 Å². The zero-order valence-electron chi connectivity index (χ0n) is 12.1. The topological polar surface area (TPSA) is 66.5 Å². The molecule has 0 bridgehead atoms. The highest BCUT2D eigenvalue weighted by Gasteiger charge is 2.26. The minimum Gasteiger partial charge on any atom is -0.379 e. The Kier molecular flexibility index (Phi) is 4.67. The number of ether oxygens (including phenoxy) is 1. The molecule has 2 heterocycles. The molecule has 2 fully saturated rings. The summed E-state index contributed by atoms with van der Waals surface area (Å²) in [5.74, 6) is 0. The van der Waals surface area contributed by atoms with Crippen molar-refractivity contribution in [3.05, 3.63) is 30.1 Å². The second-order valence-corrected chi connectivity index (χ2v) is 5.58. The van der Waals surface area contributed by atoms with Gasteiger partial charge in [0.15, 0.2) is 0 Å². The molecule has 1 atom stereocenters. The van der Waals surface area contributed by atoms with E-state index in [4.69, 9.17) is 4.74 Å². The number of carbonyl (C=O) groups is 1. The monoisotopic (exact) mass is 290 g/mol. The lowest BCUT2D eigenvalue weighted by Crippen LogP contribution is -2.46. The van der Waals surface area contributed by atoms with E-state index in [-0.39, 0.29) is 12.1 Å². The largest absolute Gasteiger partial charge is 0.379 e. The molecule has 2 N–H and O–H groups in total. The highest BCUT2D eigenvalue weighted by molar-refractivity contribution is 5.74. The molecule has 21 heavy (non-hydrogen) atoms. The van der Waals surface area contributed by atoms with Crippen LogP contribution in [0.15, 0.2) is 24.5 Å². The minimum absolute atomic E-state index is 0.0698. The number of nitrogens with one attached hydrogen (secondary N) is 2. The molecule has 1 aliphatic carbocycles. The summed E-state index contributed by atoms with van der Waals surface area (Å²) in [5.41, 5.74) is 1.13. The fourth-order valence-electron chi connectivity index (χ4n) is 2.57. The van der Waals surface area contributed by atoms with E-state index in [1.165, 1.54) is 0 Å². The van der Waals surface area contributed by atoms with E-state index in [9.17, 15) is 4.79 Å². The van der Waals surface area contributed by atoms with Gasteiger partial charge in [-0.05, 0) is 24.5 Å². The van der Waals surface area contributed by atoms with Crippen LogP contribution < -0.4 is 10.6 Å². The third kappa shape index (κ3) is 4.15. The molecule has 114 valence electrons. The van der Waals surface area contributed by atoms with E-state index in [0.717, 1.165) is 44.7 Å². The Balaban J connectivity index is 1.61. The number of carbonyl (C=O) groups excluding carboxylic acids is 1. The van der Waals surface area contributed by atoms with Gasteiger partial charge >= 0.3 is 6.03 Å². The first-order chi connectivity index (χ1) is 10.3. The van der Waals surface area contributed by atoms with Gasteiger partial charge < -0.3 is 15.4 Å². The van der Waals surface area contributed by atoms with Crippen LogP contribution in [-0.4, -0.2) is 54.8 Å². The molecule has 0 aromatic carbocycles. The van der Waals surface area contributed by atoms with Crippen molar-refractivity contribution in [1.29, 1.82) is 0 Å². The van der Waals surface area contributed by atoms with Gasteiger partial charge in [-0.1, -0.05) is 6.07 Å². The Morgan fingerprint density at radius 1 is 1.43 bits per heavy atom. The molecular formula is C15H22N4O2. The first kappa shape index (κ1) is 14.3. The van der Waals surface area contributed by atoms with Gasteiger partial charge in [0.25, 0.3) is 0 Å². The number of pyridine rings is 1. The molecule has 2 amide bonds. The van der Waals surface area contributed by atoms with Crippen molar-refractivity contribution in [1.82, 2.24) is 20.5 Å². The van der Waals surface area contributed by atoms with Gasteiger partial charge in [-0.25, -0.2) is 4.79 Å². The second-order valence-electron chi connectivity index (χ2n) is 5.58. The maximum Gasteiger partial charge on any atom is 0.315 e. The standard InChI is InChI=1S/C15H22N4O2/c20-15(18-13-3-4-13)17-11-14(12-2-1-5-16-10-12)19-6-8-21-9-7-19/h1-2,5,10,13-14H,3-4,6-9,11H2,(H2,17,18,20). The van der Waals surface area contributed by atoms with Crippen molar-refractivity contribution in [2.24, 2.45) is 0 Å². The lowest BCUT2D eigenvalue weighted by molar-refractivity contribution is 0.0166. The number of urea groups is 1. The highest BCUT2D eigenvalue weighted by atomic mass is 16.5. The summed E-state index contributed by atoms with van der Waals surface area (Å²) in [5, 5.41) is 5.94. The van der Waals surface area contributed by atoms with E-state index in [2.05, 4.69) is 26.6 Å². The quantitative estimate of drug-likeness (QED) is 0.846. The van der Waals surface area contributed by atoms with Crippen molar-refractivity contribution in [2.75, 3.05) is 32.8 Å². The lowest BCUT2D eigenvalue weighted by atomic mass is 10.1. The second kappa shape index (κ2) is 6.87. The summed E-state index contributed by atoms with van der Waals surface area (Å²) in [6, 6.07) is 4.46. The Morgan fingerprint density at radius 3 is 2.90 bits per heavy atom. The molecule has 2 aliphatic rings. The molecule has 3 rings (SSSR count). The Morgan fingerprint density at radius 2 is 2.24 bits per heavy atom. The highest BCUT2D eigenvalue weighted by Crippen LogP contribution is 2.21. The Bertz CT molecular complexity index is 458. The minimum atomic E-state index is -0.0698. The maximum atomic E-state index is 11.8. The van der Waals surface area contributed by atoms with Crippen molar-refractivity contribution in [2.45, 2.75) is 24.9 Å². The van der Waals surface area contributed by atoms with Gasteiger partial charge in [-0.3, -0.25) is 9.88 Å². The Labute approximate surface area is 124 Å². The van der Waals surface area contributed by atoms with Crippen LogP contribution in [0.25, 0.3) is 0 Å². The third-order valence-corrected chi connectivity index (χ3v) is 3.92. The summed E-state index contributed by atoms with van der Waals surface area (Å²) in [6.45, 7) is 3.83. The smallest absolute Gasteiger partial charge is 0.315 e. The summed E-state index contributed by atoms with van der Waals surface area (Å²) >= 11 is 0. The van der Waals surface area contributed by atoms with Gasteiger partial charge in [0.05, 0.1) is 19.3 Å². The van der Waals surface area contributed by atoms with Crippen LogP contribution >= 0.6 is 0 Å². The molecule has 6 nitrogen and oxygen atoms in total. The summed E-state index contributed by atoms with van der Waals surface area (Å²) in [7, 11) is 0.